The molecule has 2 N–H and O–H groups in total. The van der Waals surface area contributed by atoms with Crippen LogP contribution in [0.3, 0.4) is 0 Å². The van der Waals surface area contributed by atoms with E-state index < -0.39 is 0 Å². The molecule has 1 rings (SSSR count). The molecule has 0 spiro atoms. The molecule has 0 bridgehead atoms. The predicted molar refractivity (Wildman–Crippen MR) is 62.8 cm³/mol. The molecule has 1 aromatic rings. The monoisotopic (exact) mass is 211 g/mol. The molecule has 0 amide bonds. The fraction of sp³-hybridized carbons (Fsp3) is 0.455. The van der Waals surface area contributed by atoms with E-state index in [9.17, 15) is 0 Å². The van der Waals surface area contributed by atoms with Crippen molar-refractivity contribution in [3.05, 3.63) is 29.8 Å². The van der Waals surface area contributed by atoms with Crippen LogP contribution in [0.4, 0.5) is 0 Å². The van der Waals surface area contributed by atoms with Gasteiger partial charge in [-0.2, -0.15) is 11.8 Å². The summed E-state index contributed by atoms with van der Waals surface area (Å²) < 4.78 is 5.52. The van der Waals surface area contributed by atoms with Crippen molar-refractivity contribution >= 4 is 11.8 Å². The van der Waals surface area contributed by atoms with Gasteiger partial charge in [-0.05, 0) is 13.0 Å². The maximum atomic E-state index is 5.52. The molecule has 3 heteroatoms. The first-order chi connectivity index (χ1) is 6.88. The van der Waals surface area contributed by atoms with Crippen LogP contribution < -0.4 is 10.5 Å². The van der Waals surface area contributed by atoms with Crippen molar-refractivity contribution in [3.63, 3.8) is 0 Å². The smallest absolute Gasteiger partial charge is 0.123 e. The minimum Gasteiger partial charge on any atom is -0.494 e. The predicted octanol–water partition coefficient (Wildman–Crippen LogP) is 2.28. The van der Waals surface area contributed by atoms with E-state index in [1.165, 1.54) is 5.56 Å². The fourth-order valence-corrected chi connectivity index (χ4v) is 1.95. The van der Waals surface area contributed by atoms with E-state index in [0.29, 0.717) is 0 Å². The number of benzene rings is 1. The zero-order valence-electron chi connectivity index (χ0n) is 8.53. The van der Waals surface area contributed by atoms with Gasteiger partial charge < -0.3 is 10.5 Å². The van der Waals surface area contributed by atoms with E-state index >= 15 is 0 Å². The molecule has 0 radical (unpaired) electrons. The van der Waals surface area contributed by atoms with Crippen molar-refractivity contribution in [2.24, 2.45) is 5.73 Å². The average Bonchev–Trinajstić information content (AvgIpc) is 2.21. The van der Waals surface area contributed by atoms with E-state index in [4.69, 9.17) is 10.5 Å². The van der Waals surface area contributed by atoms with Crippen LogP contribution >= 0.6 is 11.8 Å². The minimum absolute atomic E-state index is 0.721. The lowest BCUT2D eigenvalue weighted by Gasteiger charge is -2.08. The highest BCUT2D eigenvalue weighted by Crippen LogP contribution is 2.22. The van der Waals surface area contributed by atoms with Gasteiger partial charge in [-0.1, -0.05) is 18.2 Å². The summed E-state index contributed by atoms with van der Waals surface area (Å²) >= 11 is 1.84. The van der Waals surface area contributed by atoms with Crippen LogP contribution in [0.1, 0.15) is 12.5 Å². The maximum absolute atomic E-state index is 5.52. The van der Waals surface area contributed by atoms with Crippen LogP contribution in [0.15, 0.2) is 24.3 Å². The standard InChI is InChI=1S/C11H17NOS/c1-2-13-11-6-4-3-5-10(11)9-14-8-7-12/h3-6H,2,7-9,12H2,1H3. The zero-order chi connectivity index (χ0) is 10.2. The SMILES string of the molecule is CCOc1ccccc1CSCCN. The number of hydrogen-bond acceptors (Lipinski definition) is 3. The molecule has 14 heavy (non-hydrogen) atoms. The lowest BCUT2D eigenvalue weighted by Crippen LogP contribution is -2.02. The number of hydrogen-bond donors (Lipinski definition) is 1. The molecule has 0 saturated heterocycles. The summed E-state index contributed by atoms with van der Waals surface area (Å²) in [5.74, 6) is 2.98. The van der Waals surface area contributed by atoms with Gasteiger partial charge in [0.05, 0.1) is 6.61 Å². The highest BCUT2D eigenvalue weighted by Gasteiger charge is 2.01. The third kappa shape index (κ3) is 3.60. The number of nitrogens with two attached hydrogens (primary N) is 1. The Morgan fingerprint density at radius 3 is 2.86 bits per heavy atom. The van der Waals surface area contributed by atoms with Gasteiger partial charge in [0.25, 0.3) is 0 Å². The van der Waals surface area contributed by atoms with Crippen LogP contribution in [0.5, 0.6) is 5.75 Å². The average molecular weight is 211 g/mol. The van der Waals surface area contributed by atoms with Crippen molar-refractivity contribution in [2.75, 3.05) is 18.9 Å². The van der Waals surface area contributed by atoms with Crippen molar-refractivity contribution in [1.29, 1.82) is 0 Å². The summed E-state index contributed by atoms with van der Waals surface area (Å²) in [4.78, 5) is 0. The second-order valence-electron chi connectivity index (χ2n) is 2.88. The van der Waals surface area contributed by atoms with Gasteiger partial charge in [-0.3, -0.25) is 0 Å². The second kappa shape index (κ2) is 6.74. The Bertz CT molecular complexity index is 265. The van der Waals surface area contributed by atoms with Gasteiger partial charge in [0.2, 0.25) is 0 Å². The molecule has 78 valence electrons. The molecule has 0 atom stereocenters. The van der Waals surface area contributed by atoms with Crippen molar-refractivity contribution in [3.8, 4) is 5.75 Å². The molecule has 0 aliphatic carbocycles. The molecule has 1 aromatic carbocycles. The highest BCUT2D eigenvalue weighted by molar-refractivity contribution is 7.98. The third-order valence-corrected chi connectivity index (χ3v) is 2.83. The summed E-state index contributed by atoms with van der Waals surface area (Å²) in [5, 5.41) is 0. The summed E-state index contributed by atoms with van der Waals surface area (Å²) in [6.45, 7) is 3.46. The first-order valence-electron chi connectivity index (χ1n) is 4.87. The number of para-hydroxylation sites is 1. The Balaban J connectivity index is 2.55. The highest BCUT2D eigenvalue weighted by atomic mass is 32.2. The summed E-state index contributed by atoms with van der Waals surface area (Å²) in [6.07, 6.45) is 0. The van der Waals surface area contributed by atoms with Gasteiger partial charge >= 0.3 is 0 Å². The van der Waals surface area contributed by atoms with Gasteiger partial charge in [0.15, 0.2) is 0 Å². The number of thioether (sulfide) groups is 1. The zero-order valence-corrected chi connectivity index (χ0v) is 9.35. The van der Waals surface area contributed by atoms with Gasteiger partial charge in [-0.15, -0.1) is 0 Å². The molecule has 0 saturated carbocycles. The molecule has 0 aliphatic heterocycles. The minimum atomic E-state index is 0.721. The van der Waals surface area contributed by atoms with Crippen LogP contribution in [-0.4, -0.2) is 18.9 Å². The molecule has 0 fully saturated rings. The number of rotatable bonds is 6. The van der Waals surface area contributed by atoms with E-state index in [-0.39, 0.29) is 0 Å². The Hall–Kier alpha value is -0.670. The van der Waals surface area contributed by atoms with E-state index in [1.807, 2.05) is 36.9 Å². The Kier molecular flexibility index (Phi) is 5.49. The van der Waals surface area contributed by atoms with E-state index in [1.54, 1.807) is 0 Å². The molecule has 0 heterocycles. The van der Waals surface area contributed by atoms with Crippen LogP contribution in [0, 0.1) is 0 Å². The quantitative estimate of drug-likeness (QED) is 0.733. The second-order valence-corrected chi connectivity index (χ2v) is 3.99. The molecular formula is C11H17NOS. The summed E-state index contributed by atoms with van der Waals surface area (Å²) in [7, 11) is 0. The molecule has 0 unspecified atom stereocenters. The van der Waals surface area contributed by atoms with Crippen molar-refractivity contribution in [1.82, 2.24) is 0 Å². The van der Waals surface area contributed by atoms with Gasteiger partial charge in [-0.25, -0.2) is 0 Å². The number of ether oxygens (including phenoxy) is 1. The van der Waals surface area contributed by atoms with Crippen molar-refractivity contribution in [2.45, 2.75) is 12.7 Å². The van der Waals surface area contributed by atoms with Crippen LogP contribution in [0.2, 0.25) is 0 Å². The molecular weight excluding hydrogens is 194 g/mol. The van der Waals surface area contributed by atoms with Gasteiger partial charge in [0.1, 0.15) is 5.75 Å². The lowest BCUT2D eigenvalue weighted by molar-refractivity contribution is 0.337. The molecule has 0 aliphatic rings. The topological polar surface area (TPSA) is 35.2 Å². The molecule has 0 aromatic heterocycles. The fourth-order valence-electron chi connectivity index (χ4n) is 1.18. The van der Waals surface area contributed by atoms with E-state index in [0.717, 1.165) is 30.4 Å². The van der Waals surface area contributed by atoms with Crippen molar-refractivity contribution < 1.29 is 4.74 Å². The van der Waals surface area contributed by atoms with Gasteiger partial charge in [0, 0.05) is 23.6 Å². The summed E-state index contributed by atoms with van der Waals surface area (Å²) in [5.41, 5.74) is 6.69. The van der Waals surface area contributed by atoms with E-state index in [2.05, 4.69) is 6.07 Å². The third-order valence-electron chi connectivity index (χ3n) is 1.79. The normalized spacial score (nSPS) is 10.1. The maximum Gasteiger partial charge on any atom is 0.123 e. The first-order valence-corrected chi connectivity index (χ1v) is 6.02. The van der Waals surface area contributed by atoms with Crippen LogP contribution in [-0.2, 0) is 5.75 Å². The lowest BCUT2D eigenvalue weighted by atomic mass is 10.2. The molecule has 2 nitrogen and oxygen atoms in total. The Morgan fingerprint density at radius 2 is 2.14 bits per heavy atom. The van der Waals surface area contributed by atoms with Crippen LogP contribution in [0.25, 0.3) is 0 Å². The summed E-state index contributed by atoms with van der Waals surface area (Å²) in [6, 6.07) is 8.17. The Labute approximate surface area is 89.8 Å². The first kappa shape index (κ1) is 11.4. The largest absolute Gasteiger partial charge is 0.494 e. The Morgan fingerprint density at radius 1 is 1.36 bits per heavy atom.